The van der Waals surface area contributed by atoms with E-state index in [1.165, 1.54) is 6.20 Å². The van der Waals surface area contributed by atoms with E-state index in [2.05, 4.69) is 15.4 Å². The molecule has 1 amide bonds. The molecule has 124 valence electrons. The van der Waals surface area contributed by atoms with Crippen molar-refractivity contribution in [2.45, 2.75) is 25.2 Å². The Kier molecular flexibility index (Phi) is 4.11. The highest BCUT2D eigenvalue weighted by molar-refractivity contribution is 7.11. The van der Waals surface area contributed by atoms with Crippen LogP contribution in [0.15, 0.2) is 18.6 Å². The molecule has 1 fully saturated rings. The standard InChI is InChI=1S/C13H14F3N5OS/c1-20-7-8(4-19-20)21-3-2-10(11(21)22)17-5-9-6-18-12(23-9)13(14,15)16/h4,6-7,10,17H,2-3,5H2,1H3/t10-/m1/s1. The highest BCUT2D eigenvalue weighted by Crippen LogP contribution is 2.32. The minimum atomic E-state index is -4.43. The van der Waals surface area contributed by atoms with Gasteiger partial charge in [0.15, 0.2) is 5.01 Å². The molecule has 2 aromatic rings. The molecule has 2 aromatic heterocycles. The van der Waals surface area contributed by atoms with E-state index in [0.29, 0.717) is 29.2 Å². The average molecular weight is 345 g/mol. The first-order chi connectivity index (χ1) is 10.8. The summed E-state index contributed by atoms with van der Waals surface area (Å²) in [6.45, 7) is 0.740. The van der Waals surface area contributed by atoms with Crippen molar-refractivity contribution in [3.8, 4) is 0 Å². The lowest BCUT2D eigenvalue weighted by molar-refractivity contribution is -0.137. The number of amides is 1. The summed E-state index contributed by atoms with van der Waals surface area (Å²) in [5, 5.41) is 6.16. The number of halogens is 3. The van der Waals surface area contributed by atoms with Crippen molar-refractivity contribution in [1.82, 2.24) is 20.1 Å². The Morgan fingerprint density at radius 1 is 1.43 bits per heavy atom. The van der Waals surface area contributed by atoms with Gasteiger partial charge in [0.25, 0.3) is 0 Å². The van der Waals surface area contributed by atoms with Crippen LogP contribution in [-0.4, -0.2) is 33.3 Å². The fraction of sp³-hybridized carbons (Fsp3) is 0.462. The van der Waals surface area contributed by atoms with Gasteiger partial charge < -0.3 is 10.2 Å². The van der Waals surface area contributed by atoms with E-state index < -0.39 is 17.2 Å². The van der Waals surface area contributed by atoms with Gasteiger partial charge in [-0.15, -0.1) is 11.3 Å². The second-order valence-corrected chi connectivity index (χ2v) is 6.33. The van der Waals surface area contributed by atoms with Crippen LogP contribution in [0.25, 0.3) is 0 Å². The minimum Gasteiger partial charge on any atom is -0.308 e. The van der Waals surface area contributed by atoms with Crippen LogP contribution in [0, 0.1) is 0 Å². The largest absolute Gasteiger partial charge is 0.443 e. The molecule has 0 radical (unpaired) electrons. The van der Waals surface area contributed by atoms with Crippen molar-refractivity contribution in [3.63, 3.8) is 0 Å². The van der Waals surface area contributed by atoms with Crippen molar-refractivity contribution in [1.29, 1.82) is 0 Å². The van der Waals surface area contributed by atoms with Gasteiger partial charge in [0.05, 0.1) is 17.9 Å². The van der Waals surface area contributed by atoms with E-state index in [0.717, 1.165) is 5.69 Å². The van der Waals surface area contributed by atoms with Crippen molar-refractivity contribution in [2.24, 2.45) is 7.05 Å². The molecule has 23 heavy (non-hydrogen) atoms. The molecule has 0 aromatic carbocycles. The van der Waals surface area contributed by atoms with Crippen molar-refractivity contribution < 1.29 is 18.0 Å². The maximum absolute atomic E-state index is 12.5. The normalized spacial score (nSPS) is 18.9. The zero-order chi connectivity index (χ0) is 16.6. The third-order valence-corrected chi connectivity index (χ3v) is 4.57. The fourth-order valence-corrected chi connectivity index (χ4v) is 3.15. The summed E-state index contributed by atoms with van der Waals surface area (Å²) in [4.78, 5) is 17.8. The maximum Gasteiger partial charge on any atom is 0.443 e. The molecule has 6 nitrogen and oxygen atoms in total. The van der Waals surface area contributed by atoms with Gasteiger partial charge >= 0.3 is 6.18 Å². The summed E-state index contributed by atoms with van der Waals surface area (Å²) >= 11 is 0.588. The quantitative estimate of drug-likeness (QED) is 0.918. The number of nitrogens with zero attached hydrogens (tertiary/aromatic N) is 4. The third-order valence-electron chi connectivity index (χ3n) is 3.53. The number of aromatic nitrogens is 3. The number of anilines is 1. The van der Waals surface area contributed by atoms with Crippen LogP contribution in [0.1, 0.15) is 16.3 Å². The lowest BCUT2D eigenvalue weighted by Crippen LogP contribution is -2.37. The lowest BCUT2D eigenvalue weighted by atomic mass is 10.2. The van der Waals surface area contributed by atoms with Crippen LogP contribution in [0.5, 0.6) is 0 Å². The number of carbonyl (C=O) groups excluding carboxylic acids is 1. The van der Waals surface area contributed by atoms with E-state index in [1.807, 2.05) is 0 Å². The summed E-state index contributed by atoms with van der Waals surface area (Å²) in [5.41, 5.74) is 0.721. The van der Waals surface area contributed by atoms with Crippen LogP contribution in [0.4, 0.5) is 18.9 Å². The number of hydrogen-bond acceptors (Lipinski definition) is 5. The van der Waals surface area contributed by atoms with Crippen molar-refractivity contribution in [3.05, 3.63) is 28.5 Å². The Bertz CT molecular complexity index is 711. The van der Waals surface area contributed by atoms with Gasteiger partial charge in [-0.05, 0) is 6.42 Å². The Labute approximate surface area is 133 Å². The Hall–Kier alpha value is -1.94. The summed E-state index contributed by atoms with van der Waals surface area (Å²) in [6.07, 6.45) is 0.721. The first-order valence-corrected chi connectivity index (χ1v) is 7.71. The molecule has 3 heterocycles. The molecule has 1 atom stereocenters. The molecule has 10 heteroatoms. The average Bonchev–Trinajstić information content (AvgIpc) is 3.16. The number of thiazole rings is 1. The van der Waals surface area contributed by atoms with Gasteiger partial charge in [0.1, 0.15) is 0 Å². The summed E-state index contributed by atoms with van der Waals surface area (Å²) in [7, 11) is 1.77. The number of aryl methyl sites for hydroxylation is 1. The molecule has 0 unspecified atom stereocenters. The van der Waals surface area contributed by atoms with Gasteiger partial charge in [0, 0.05) is 37.4 Å². The van der Waals surface area contributed by atoms with E-state index in [1.54, 1.807) is 29.0 Å². The fourth-order valence-electron chi connectivity index (χ4n) is 2.42. The molecule has 0 bridgehead atoms. The molecule has 1 saturated heterocycles. The highest BCUT2D eigenvalue weighted by atomic mass is 32.1. The van der Waals surface area contributed by atoms with Crippen LogP contribution < -0.4 is 10.2 Å². The summed E-state index contributed by atoms with van der Waals surface area (Å²) in [5.74, 6) is -0.0986. The van der Waals surface area contributed by atoms with Crippen molar-refractivity contribution >= 4 is 22.9 Å². The molecule has 0 spiro atoms. The Morgan fingerprint density at radius 3 is 2.83 bits per heavy atom. The maximum atomic E-state index is 12.5. The van der Waals surface area contributed by atoms with E-state index in [9.17, 15) is 18.0 Å². The molecule has 1 aliphatic heterocycles. The van der Waals surface area contributed by atoms with Gasteiger partial charge in [-0.2, -0.15) is 18.3 Å². The zero-order valence-electron chi connectivity index (χ0n) is 12.2. The number of rotatable bonds is 4. The van der Waals surface area contributed by atoms with Crippen LogP contribution >= 0.6 is 11.3 Å². The minimum absolute atomic E-state index is 0.0986. The lowest BCUT2D eigenvalue weighted by Gasteiger charge is -2.14. The van der Waals surface area contributed by atoms with Gasteiger partial charge in [-0.1, -0.05) is 0 Å². The summed E-state index contributed by atoms with van der Waals surface area (Å²) in [6, 6.07) is -0.411. The first-order valence-electron chi connectivity index (χ1n) is 6.90. The molecular formula is C13H14F3N5OS. The third kappa shape index (κ3) is 3.37. The monoisotopic (exact) mass is 345 g/mol. The van der Waals surface area contributed by atoms with E-state index >= 15 is 0 Å². The molecule has 1 N–H and O–H groups in total. The predicted octanol–water partition coefficient (Wildman–Crippen LogP) is 1.79. The van der Waals surface area contributed by atoms with E-state index in [-0.39, 0.29) is 12.5 Å². The van der Waals surface area contributed by atoms with Crippen LogP contribution in [0.3, 0.4) is 0 Å². The van der Waals surface area contributed by atoms with E-state index in [4.69, 9.17) is 0 Å². The SMILES string of the molecule is Cn1cc(N2CC[C@@H](NCc3cnc(C(F)(F)F)s3)C2=O)cn1. The smallest absolute Gasteiger partial charge is 0.308 e. The second-order valence-electron chi connectivity index (χ2n) is 5.21. The summed E-state index contributed by atoms with van der Waals surface area (Å²) < 4.78 is 39.1. The first kappa shape index (κ1) is 15.9. The Morgan fingerprint density at radius 2 is 2.22 bits per heavy atom. The number of nitrogens with one attached hydrogen (secondary N) is 1. The highest BCUT2D eigenvalue weighted by Gasteiger charge is 2.35. The zero-order valence-corrected chi connectivity index (χ0v) is 13.0. The Balaban J connectivity index is 1.59. The molecule has 3 rings (SSSR count). The predicted molar refractivity (Wildman–Crippen MR) is 77.9 cm³/mol. The number of hydrogen-bond donors (Lipinski definition) is 1. The number of carbonyl (C=O) groups is 1. The van der Waals surface area contributed by atoms with Crippen LogP contribution in [0.2, 0.25) is 0 Å². The van der Waals surface area contributed by atoms with Crippen molar-refractivity contribution in [2.75, 3.05) is 11.4 Å². The van der Waals surface area contributed by atoms with Gasteiger partial charge in [-0.3, -0.25) is 9.48 Å². The molecule has 0 aliphatic carbocycles. The molecule has 0 saturated carbocycles. The van der Waals surface area contributed by atoms with Gasteiger partial charge in [0.2, 0.25) is 5.91 Å². The molecular weight excluding hydrogens is 331 g/mol. The molecule has 1 aliphatic rings. The second kappa shape index (κ2) is 5.93. The van der Waals surface area contributed by atoms with Crippen LogP contribution in [-0.2, 0) is 24.6 Å². The topological polar surface area (TPSA) is 63.1 Å². The number of alkyl halides is 3. The van der Waals surface area contributed by atoms with Gasteiger partial charge in [-0.25, -0.2) is 4.98 Å².